The largest absolute Gasteiger partial charge is 0.489 e. The van der Waals surface area contributed by atoms with E-state index >= 15 is 0 Å². The van der Waals surface area contributed by atoms with Crippen LogP contribution < -0.4 is 4.74 Å². The molecule has 1 heterocycles. The van der Waals surface area contributed by atoms with Gasteiger partial charge in [0, 0.05) is 5.56 Å². The molecule has 4 nitrogen and oxygen atoms in total. The molecule has 0 radical (unpaired) electrons. The van der Waals surface area contributed by atoms with Crippen LogP contribution in [-0.2, 0) is 6.61 Å². The van der Waals surface area contributed by atoms with E-state index in [9.17, 15) is 0 Å². The molecule has 0 spiro atoms. The second-order valence-corrected chi connectivity index (χ2v) is 5.80. The Morgan fingerprint density at radius 1 is 0.957 bits per heavy atom. The van der Waals surface area contributed by atoms with Crippen LogP contribution in [0.25, 0.3) is 11.3 Å². The molecule has 0 atom stereocenters. The van der Waals surface area contributed by atoms with Gasteiger partial charge in [-0.3, -0.25) is 0 Å². The molecule has 3 rings (SSSR count). The Labute approximate surface area is 140 Å². The monoisotopic (exact) mass is 323 g/mol. The lowest BCUT2D eigenvalue weighted by atomic mass is 10.1. The van der Waals surface area contributed by atoms with E-state index < -0.39 is 0 Å². The summed E-state index contributed by atoms with van der Waals surface area (Å²) in [7, 11) is 0. The van der Waals surface area contributed by atoms with Crippen molar-refractivity contribution in [1.29, 1.82) is 0 Å². The van der Waals surface area contributed by atoms with Gasteiger partial charge in [-0.15, -0.1) is 10.2 Å². The van der Waals surface area contributed by atoms with Gasteiger partial charge in [-0.25, -0.2) is 4.98 Å². The Balaban J connectivity index is 1.72. The highest BCUT2D eigenvalue weighted by atomic mass is 32.2. The van der Waals surface area contributed by atoms with Crippen LogP contribution in [-0.4, -0.2) is 21.4 Å². The summed E-state index contributed by atoms with van der Waals surface area (Å²) >= 11 is 1.49. The van der Waals surface area contributed by atoms with Gasteiger partial charge in [-0.05, 0) is 43.0 Å². The standard InChI is InChI=1S/C18H17N3OS/c1-13-17(20-21-18(19-13)23-2)15-8-10-16(11-9-15)22-12-14-6-4-3-5-7-14/h3-11H,12H2,1-2H3. The van der Waals surface area contributed by atoms with E-state index in [-0.39, 0.29) is 0 Å². The van der Waals surface area contributed by atoms with E-state index in [2.05, 4.69) is 15.2 Å². The van der Waals surface area contributed by atoms with Crippen LogP contribution in [0.4, 0.5) is 0 Å². The first-order valence-electron chi connectivity index (χ1n) is 7.29. The minimum absolute atomic E-state index is 0.559. The van der Waals surface area contributed by atoms with Gasteiger partial charge in [0.05, 0.1) is 5.69 Å². The first-order valence-corrected chi connectivity index (χ1v) is 8.51. The molecular weight excluding hydrogens is 306 g/mol. The maximum Gasteiger partial charge on any atom is 0.209 e. The molecule has 0 saturated carbocycles. The smallest absolute Gasteiger partial charge is 0.209 e. The van der Waals surface area contributed by atoms with Gasteiger partial charge in [0.1, 0.15) is 18.1 Å². The number of ether oxygens (including phenoxy) is 1. The van der Waals surface area contributed by atoms with E-state index in [1.54, 1.807) is 0 Å². The lowest BCUT2D eigenvalue weighted by Gasteiger charge is -2.08. The van der Waals surface area contributed by atoms with E-state index in [1.807, 2.05) is 67.8 Å². The lowest BCUT2D eigenvalue weighted by Crippen LogP contribution is -1.98. The van der Waals surface area contributed by atoms with Crippen LogP contribution >= 0.6 is 11.8 Å². The van der Waals surface area contributed by atoms with Crippen molar-refractivity contribution in [3.8, 4) is 17.0 Å². The lowest BCUT2D eigenvalue weighted by molar-refractivity contribution is 0.306. The molecule has 116 valence electrons. The summed E-state index contributed by atoms with van der Waals surface area (Å²) in [6.07, 6.45) is 1.94. The SMILES string of the molecule is CSc1nnc(-c2ccc(OCc3ccccc3)cc2)c(C)n1. The summed E-state index contributed by atoms with van der Waals surface area (Å²) in [5.74, 6) is 0.830. The zero-order valence-electron chi connectivity index (χ0n) is 13.1. The molecule has 0 aliphatic rings. The third-order valence-corrected chi connectivity index (χ3v) is 3.94. The minimum Gasteiger partial charge on any atom is -0.489 e. The molecular formula is C18H17N3OS. The Hall–Kier alpha value is -2.40. The molecule has 0 saturated heterocycles. The molecule has 0 N–H and O–H groups in total. The van der Waals surface area contributed by atoms with Crippen molar-refractivity contribution in [1.82, 2.24) is 15.2 Å². The van der Waals surface area contributed by atoms with Gasteiger partial charge in [0.15, 0.2) is 0 Å². The van der Waals surface area contributed by atoms with Crippen molar-refractivity contribution in [3.63, 3.8) is 0 Å². The average molecular weight is 323 g/mol. The third kappa shape index (κ3) is 3.87. The molecule has 2 aromatic carbocycles. The van der Waals surface area contributed by atoms with Crippen molar-refractivity contribution in [3.05, 3.63) is 65.9 Å². The van der Waals surface area contributed by atoms with Crippen molar-refractivity contribution in [2.24, 2.45) is 0 Å². The second-order valence-electron chi connectivity index (χ2n) is 5.03. The summed E-state index contributed by atoms with van der Waals surface area (Å²) in [6.45, 7) is 2.51. The highest BCUT2D eigenvalue weighted by Gasteiger charge is 2.07. The fourth-order valence-electron chi connectivity index (χ4n) is 2.19. The van der Waals surface area contributed by atoms with Gasteiger partial charge in [0.2, 0.25) is 5.16 Å². The zero-order chi connectivity index (χ0) is 16.1. The van der Waals surface area contributed by atoms with Crippen LogP contribution in [0.2, 0.25) is 0 Å². The van der Waals surface area contributed by atoms with Crippen LogP contribution in [0.3, 0.4) is 0 Å². The van der Waals surface area contributed by atoms with Gasteiger partial charge in [0.25, 0.3) is 0 Å². The summed E-state index contributed by atoms with van der Waals surface area (Å²) in [6, 6.07) is 18.0. The number of thioether (sulfide) groups is 1. The maximum atomic E-state index is 5.79. The molecule has 0 bridgehead atoms. The molecule has 5 heteroatoms. The van der Waals surface area contributed by atoms with Crippen molar-refractivity contribution in [2.45, 2.75) is 18.7 Å². The summed E-state index contributed by atoms with van der Waals surface area (Å²) in [5, 5.41) is 9.06. The van der Waals surface area contributed by atoms with Gasteiger partial charge >= 0.3 is 0 Å². The molecule has 23 heavy (non-hydrogen) atoms. The van der Waals surface area contributed by atoms with E-state index in [0.717, 1.165) is 28.3 Å². The Morgan fingerprint density at radius 2 is 1.70 bits per heavy atom. The fourth-order valence-corrected chi connectivity index (χ4v) is 2.54. The summed E-state index contributed by atoms with van der Waals surface area (Å²) in [4.78, 5) is 4.42. The molecule has 0 unspecified atom stereocenters. The van der Waals surface area contributed by atoms with Gasteiger partial charge in [-0.1, -0.05) is 42.1 Å². The Morgan fingerprint density at radius 3 is 2.35 bits per heavy atom. The average Bonchev–Trinajstić information content (AvgIpc) is 2.61. The van der Waals surface area contributed by atoms with Gasteiger partial charge in [-0.2, -0.15) is 0 Å². The number of hydrogen-bond acceptors (Lipinski definition) is 5. The molecule has 3 aromatic rings. The quantitative estimate of drug-likeness (QED) is 0.660. The number of aryl methyl sites for hydroxylation is 1. The van der Waals surface area contributed by atoms with Gasteiger partial charge < -0.3 is 4.74 Å². The number of aromatic nitrogens is 3. The van der Waals surface area contributed by atoms with Crippen molar-refractivity contribution in [2.75, 3.05) is 6.26 Å². The van der Waals surface area contributed by atoms with E-state index in [4.69, 9.17) is 4.74 Å². The number of nitrogens with zero attached hydrogens (tertiary/aromatic N) is 3. The topological polar surface area (TPSA) is 47.9 Å². The Bertz CT molecular complexity index is 776. The molecule has 0 aliphatic carbocycles. The predicted molar refractivity (Wildman–Crippen MR) is 92.6 cm³/mol. The minimum atomic E-state index is 0.559. The van der Waals surface area contributed by atoms with Crippen LogP contribution in [0, 0.1) is 6.92 Å². The number of rotatable bonds is 5. The van der Waals surface area contributed by atoms with E-state index in [1.165, 1.54) is 11.8 Å². The number of hydrogen-bond donors (Lipinski definition) is 0. The zero-order valence-corrected chi connectivity index (χ0v) is 13.9. The first kappa shape index (κ1) is 15.5. The van der Waals surface area contributed by atoms with Crippen LogP contribution in [0.15, 0.2) is 59.8 Å². The summed E-state index contributed by atoms with van der Waals surface area (Å²) < 4.78 is 5.79. The first-order chi connectivity index (χ1) is 11.3. The second kappa shape index (κ2) is 7.24. The highest BCUT2D eigenvalue weighted by molar-refractivity contribution is 7.98. The van der Waals surface area contributed by atoms with Crippen molar-refractivity contribution < 1.29 is 4.74 Å². The number of benzene rings is 2. The van der Waals surface area contributed by atoms with Crippen LogP contribution in [0.5, 0.6) is 5.75 Å². The van der Waals surface area contributed by atoms with Crippen molar-refractivity contribution >= 4 is 11.8 Å². The molecule has 0 fully saturated rings. The van der Waals surface area contributed by atoms with E-state index in [0.29, 0.717) is 11.8 Å². The third-order valence-electron chi connectivity index (χ3n) is 3.40. The van der Waals surface area contributed by atoms with Crippen LogP contribution in [0.1, 0.15) is 11.3 Å². The summed E-state index contributed by atoms with van der Waals surface area (Å²) in [5.41, 5.74) is 3.82. The predicted octanol–water partition coefficient (Wildman–Crippen LogP) is 4.15. The molecule has 1 aromatic heterocycles. The maximum absolute atomic E-state index is 5.79. The normalized spacial score (nSPS) is 10.5. The Kier molecular flexibility index (Phi) is 4.88. The molecule has 0 amide bonds. The molecule has 0 aliphatic heterocycles. The highest BCUT2D eigenvalue weighted by Crippen LogP contribution is 2.23. The fraction of sp³-hybridized carbons (Fsp3) is 0.167.